The van der Waals surface area contributed by atoms with Gasteiger partial charge in [0.2, 0.25) is 0 Å². The number of methoxy groups -OCH3 is 1. The average molecular weight is 292 g/mol. The molecule has 1 aromatic carbocycles. The summed E-state index contributed by atoms with van der Waals surface area (Å²) in [5, 5.41) is 9.89. The second-order valence-electron chi connectivity index (χ2n) is 5.92. The number of benzene rings is 1. The molecule has 0 spiro atoms. The highest BCUT2D eigenvalue weighted by molar-refractivity contribution is 5.89. The van der Waals surface area contributed by atoms with Gasteiger partial charge >= 0.3 is 5.97 Å². The van der Waals surface area contributed by atoms with Gasteiger partial charge in [-0.1, -0.05) is 12.1 Å². The number of rotatable bonds is 5. The van der Waals surface area contributed by atoms with Crippen LogP contribution in [0.4, 0.5) is 0 Å². The Hall–Kier alpha value is -1.43. The van der Waals surface area contributed by atoms with Gasteiger partial charge in [-0.15, -0.1) is 0 Å². The molecule has 0 aromatic heterocycles. The van der Waals surface area contributed by atoms with Crippen molar-refractivity contribution >= 4 is 5.97 Å². The van der Waals surface area contributed by atoms with Gasteiger partial charge in [0.15, 0.2) is 0 Å². The zero-order valence-electron chi connectivity index (χ0n) is 13.0. The largest absolute Gasteiger partial charge is 0.465 e. The zero-order chi connectivity index (χ0) is 15.4. The van der Waals surface area contributed by atoms with Crippen LogP contribution in [-0.4, -0.2) is 67.3 Å². The van der Waals surface area contributed by atoms with E-state index in [4.69, 9.17) is 4.74 Å². The van der Waals surface area contributed by atoms with Crippen LogP contribution >= 0.6 is 0 Å². The molecule has 0 amide bonds. The summed E-state index contributed by atoms with van der Waals surface area (Å²) in [6, 6.07) is 7.84. The number of hydrogen-bond donors (Lipinski definition) is 1. The molecule has 1 aliphatic rings. The van der Waals surface area contributed by atoms with Crippen molar-refractivity contribution in [1.29, 1.82) is 0 Å². The first-order chi connectivity index (χ1) is 9.99. The van der Waals surface area contributed by atoms with Gasteiger partial charge in [0.1, 0.15) is 0 Å². The third kappa shape index (κ3) is 4.27. The van der Waals surface area contributed by atoms with Gasteiger partial charge < -0.3 is 14.7 Å². The first-order valence-electron chi connectivity index (χ1n) is 7.23. The Morgan fingerprint density at radius 1 is 1.38 bits per heavy atom. The summed E-state index contributed by atoms with van der Waals surface area (Å²) < 4.78 is 4.70. The topological polar surface area (TPSA) is 53.0 Å². The van der Waals surface area contributed by atoms with Crippen LogP contribution in [0.5, 0.6) is 0 Å². The molecule has 1 aliphatic heterocycles. The van der Waals surface area contributed by atoms with Crippen molar-refractivity contribution in [2.24, 2.45) is 0 Å². The molecular weight excluding hydrogens is 268 g/mol. The summed E-state index contributed by atoms with van der Waals surface area (Å²) in [6.07, 6.45) is 0.572. The standard InChI is InChI=1S/C16H24N2O3/c1-17(2)10-14-8-15(19)11-18(14)9-12-4-6-13(7-5-12)16(20)21-3/h4-7,14-15,19H,8-11H2,1-3H3. The number of ether oxygens (including phenoxy) is 1. The number of likely N-dealkylation sites (tertiary alicyclic amines) is 1. The molecule has 0 aliphatic carbocycles. The number of nitrogens with zero attached hydrogens (tertiary/aromatic N) is 2. The highest BCUT2D eigenvalue weighted by Crippen LogP contribution is 2.21. The average Bonchev–Trinajstić information content (AvgIpc) is 2.77. The number of aliphatic hydroxyl groups excluding tert-OH is 1. The molecule has 0 saturated carbocycles. The fraction of sp³-hybridized carbons (Fsp3) is 0.562. The minimum absolute atomic E-state index is 0.246. The maximum absolute atomic E-state index is 11.4. The maximum Gasteiger partial charge on any atom is 0.337 e. The van der Waals surface area contributed by atoms with Crippen LogP contribution in [0.3, 0.4) is 0 Å². The molecule has 1 saturated heterocycles. The summed E-state index contributed by atoms with van der Waals surface area (Å²) in [4.78, 5) is 15.9. The van der Waals surface area contributed by atoms with Crippen LogP contribution in [0.2, 0.25) is 0 Å². The molecule has 2 unspecified atom stereocenters. The van der Waals surface area contributed by atoms with Gasteiger partial charge in [-0.3, -0.25) is 4.90 Å². The van der Waals surface area contributed by atoms with Crippen molar-refractivity contribution < 1.29 is 14.6 Å². The van der Waals surface area contributed by atoms with E-state index in [0.717, 1.165) is 25.1 Å². The highest BCUT2D eigenvalue weighted by atomic mass is 16.5. The lowest BCUT2D eigenvalue weighted by molar-refractivity contribution is 0.0600. The van der Waals surface area contributed by atoms with Gasteiger partial charge in [-0.25, -0.2) is 4.79 Å². The molecule has 0 radical (unpaired) electrons. The van der Waals surface area contributed by atoms with E-state index in [2.05, 4.69) is 9.80 Å². The predicted molar refractivity (Wildman–Crippen MR) is 81.2 cm³/mol. The number of likely N-dealkylation sites (N-methyl/N-ethyl adjacent to an activating group) is 1. The Morgan fingerprint density at radius 3 is 2.62 bits per heavy atom. The molecule has 1 fully saturated rings. The number of aliphatic hydroxyl groups is 1. The fourth-order valence-electron chi connectivity index (χ4n) is 2.86. The van der Waals surface area contributed by atoms with Gasteiger partial charge in [-0.05, 0) is 38.2 Å². The lowest BCUT2D eigenvalue weighted by Crippen LogP contribution is -2.37. The predicted octanol–water partition coefficient (Wildman–Crippen LogP) is 0.970. The van der Waals surface area contributed by atoms with Crippen LogP contribution in [0.1, 0.15) is 22.3 Å². The molecule has 0 bridgehead atoms. The summed E-state index contributed by atoms with van der Waals surface area (Å²) in [7, 11) is 5.48. The van der Waals surface area contributed by atoms with Gasteiger partial charge in [0.25, 0.3) is 0 Å². The lowest BCUT2D eigenvalue weighted by atomic mass is 10.1. The van der Waals surface area contributed by atoms with E-state index in [0.29, 0.717) is 18.2 Å². The van der Waals surface area contributed by atoms with E-state index >= 15 is 0 Å². The molecule has 2 atom stereocenters. The quantitative estimate of drug-likeness (QED) is 0.820. The Balaban J connectivity index is 2.01. The molecule has 5 nitrogen and oxygen atoms in total. The maximum atomic E-state index is 11.4. The van der Waals surface area contributed by atoms with Crippen LogP contribution in [0.15, 0.2) is 24.3 Å². The smallest absolute Gasteiger partial charge is 0.337 e. The Morgan fingerprint density at radius 2 is 2.05 bits per heavy atom. The van der Waals surface area contributed by atoms with E-state index in [1.807, 2.05) is 26.2 Å². The minimum atomic E-state index is -0.316. The molecule has 1 heterocycles. The molecule has 116 valence electrons. The van der Waals surface area contributed by atoms with E-state index in [9.17, 15) is 9.90 Å². The van der Waals surface area contributed by atoms with Crippen molar-refractivity contribution in [1.82, 2.24) is 9.80 Å². The Labute approximate surface area is 126 Å². The highest BCUT2D eigenvalue weighted by Gasteiger charge is 2.30. The molecule has 5 heteroatoms. The zero-order valence-corrected chi connectivity index (χ0v) is 13.0. The summed E-state index contributed by atoms with van der Waals surface area (Å²) in [5.74, 6) is -0.316. The first-order valence-corrected chi connectivity index (χ1v) is 7.23. The second-order valence-corrected chi connectivity index (χ2v) is 5.92. The van der Waals surface area contributed by atoms with E-state index in [-0.39, 0.29) is 12.1 Å². The normalized spacial score (nSPS) is 22.7. The summed E-state index contributed by atoms with van der Waals surface area (Å²) in [6.45, 7) is 2.44. The van der Waals surface area contributed by atoms with Crippen LogP contribution in [0, 0.1) is 0 Å². The number of esters is 1. The van der Waals surface area contributed by atoms with E-state index in [1.165, 1.54) is 7.11 Å². The monoisotopic (exact) mass is 292 g/mol. The SMILES string of the molecule is COC(=O)c1ccc(CN2CC(O)CC2CN(C)C)cc1. The first kappa shape index (κ1) is 15.9. The van der Waals surface area contributed by atoms with Crippen LogP contribution in [0.25, 0.3) is 0 Å². The van der Waals surface area contributed by atoms with Crippen LogP contribution in [-0.2, 0) is 11.3 Å². The van der Waals surface area contributed by atoms with E-state index < -0.39 is 0 Å². The van der Waals surface area contributed by atoms with Gasteiger partial charge in [0, 0.05) is 25.7 Å². The number of hydrogen-bond acceptors (Lipinski definition) is 5. The van der Waals surface area contributed by atoms with Gasteiger partial charge in [0.05, 0.1) is 18.8 Å². The Kier molecular flexibility index (Phi) is 5.33. The van der Waals surface area contributed by atoms with Crippen molar-refractivity contribution in [2.75, 3.05) is 34.3 Å². The van der Waals surface area contributed by atoms with Crippen molar-refractivity contribution in [3.8, 4) is 0 Å². The molecular formula is C16H24N2O3. The molecule has 1 N–H and O–H groups in total. The third-order valence-corrected chi connectivity index (χ3v) is 3.84. The van der Waals surface area contributed by atoms with Gasteiger partial charge in [-0.2, -0.15) is 0 Å². The number of carbonyl (C=O) groups excluding carboxylic acids is 1. The second kappa shape index (κ2) is 7.02. The minimum Gasteiger partial charge on any atom is -0.465 e. The van der Waals surface area contributed by atoms with Crippen LogP contribution < -0.4 is 0 Å². The summed E-state index contributed by atoms with van der Waals surface area (Å²) >= 11 is 0. The van der Waals surface area contributed by atoms with Crippen molar-refractivity contribution in [2.45, 2.75) is 25.1 Å². The number of carbonyl (C=O) groups is 1. The Bertz CT molecular complexity index is 473. The lowest BCUT2D eigenvalue weighted by Gasteiger charge is -2.26. The fourth-order valence-corrected chi connectivity index (χ4v) is 2.86. The molecule has 21 heavy (non-hydrogen) atoms. The molecule has 1 aromatic rings. The molecule has 2 rings (SSSR count). The van der Waals surface area contributed by atoms with Crippen molar-refractivity contribution in [3.63, 3.8) is 0 Å². The third-order valence-electron chi connectivity index (χ3n) is 3.84. The number of β-amino-alcohol motifs (C(OH)–C–C–N with tert-alkyl or cyclic N) is 1. The summed E-state index contributed by atoms with van der Waals surface area (Å²) in [5.41, 5.74) is 1.70. The van der Waals surface area contributed by atoms with Crippen molar-refractivity contribution in [3.05, 3.63) is 35.4 Å². The van der Waals surface area contributed by atoms with E-state index in [1.54, 1.807) is 12.1 Å².